The van der Waals surface area contributed by atoms with Gasteiger partial charge in [-0.3, -0.25) is 0 Å². The monoisotopic (exact) mass is 222 g/mol. The second kappa shape index (κ2) is 4.11. The molecule has 0 bridgehead atoms. The maximum absolute atomic E-state index is 9.65. The van der Waals surface area contributed by atoms with Gasteiger partial charge in [0.1, 0.15) is 5.76 Å². The quantitative estimate of drug-likeness (QED) is 0.453. The van der Waals surface area contributed by atoms with E-state index in [0.717, 1.165) is 0 Å². The minimum atomic E-state index is -0.597. The minimum absolute atomic E-state index is 0.0356. The summed E-state index contributed by atoms with van der Waals surface area (Å²) in [7, 11) is -0.597. The summed E-state index contributed by atoms with van der Waals surface area (Å²) in [6.45, 7) is 15.0. The summed E-state index contributed by atoms with van der Waals surface area (Å²) in [5.41, 5.74) is -0.338. The van der Waals surface area contributed by atoms with Gasteiger partial charge in [0.2, 0.25) is 0 Å². The molecule has 1 fully saturated rings. The lowest BCUT2D eigenvalue weighted by Crippen LogP contribution is -2.41. The molecule has 88 valence electrons. The number of hydrogen-bond acceptors (Lipinski definition) is 3. The van der Waals surface area contributed by atoms with Gasteiger partial charge in [-0.25, -0.2) is 0 Å². The van der Waals surface area contributed by atoms with Gasteiger partial charge in [-0.2, -0.15) is 0 Å². The van der Waals surface area contributed by atoms with Crippen molar-refractivity contribution in [1.29, 1.82) is 0 Å². The summed E-state index contributed by atoms with van der Waals surface area (Å²) in [5.74, 6) is 0.0356. The first-order valence-corrected chi connectivity index (χ1v) is 5.29. The third-order valence-electron chi connectivity index (χ3n) is 3.22. The van der Waals surface area contributed by atoms with E-state index in [1.165, 1.54) is 12.2 Å². The molecule has 0 saturated carbocycles. The van der Waals surface area contributed by atoms with E-state index in [9.17, 15) is 5.11 Å². The molecule has 0 aromatic carbocycles. The van der Waals surface area contributed by atoms with Crippen LogP contribution in [0.1, 0.15) is 27.7 Å². The normalized spacial score (nSPS) is 23.9. The van der Waals surface area contributed by atoms with Crippen molar-refractivity contribution < 1.29 is 14.4 Å². The Bertz CT molecular complexity index is 326. The molecule has 0 spiro atoms. The molecule has 4 heteroatoms. The number of aliphatic hydroxyl groups is 1. The zero-order chi connectivity index (χ0) is 12.6. The fourth-order valence-corrected chi connectivity index (χ4v) is 1.41. The Morgan fingerprint density at radius 1 is 1.06 bits per heavy atom. The molecule has 0 aromatic heterocycles. The molecule has 1 N–H and O–H groups in total. The van der Waals surface area contributed by atoms with Crippen molar-refractivity contribution in [3.05, 3.63) is 36.5 Å². The molecular formula is C12H19BO3. The van der Waals surface area contributed by atoms with Crippen molar-refractivity contribution >= 4 is 7.12 Å². The van der Waals surface area contributed by atoms with Gasteiger partial charge in [-0.05, 0) is 33.8 Å². The maximum atomic E-state index is 9.65. The van der Waals surface area contributed by atoms with Gasteiger partial charge in [0.05, 0.1) is 11.2 Å². The lowest BCUT2D eigenvalue weighted by molar-refractivity contribution is 0.00578. The summed E-state index contributed by atoms with van der Waals surface area (Å²) in [6, 6.07) is 0. The van der Waals surface area contributed by atoms with E-state index in [1.807, 2.05) is 27.7 Å². The van der Waals surface area contributed by atoms with E-state index in [4.69, 9.17) is 9.31 Å². The minimum Gasteiger partial charge on any atom is -0.508 e. The first-order chi connectivity index (χ1) is 7.25. The molecular weight excluding hydrogens is 203 g/mol. The summed E-state index contributed by atoms with van der Waals surface area (Å²) < 4.78 is 11.6. The fraction of sp³-hybridized carbons (Fsp3) is 0.500. The zero-order valence-corrected chi connectivity index (χ0v) is 10.4. The van der Waals surface area contributed by atoms with Crippen LogP contribution >= 0.6 is 0 Å². The highest BCUT2D eigenvalue weighted by atomic mass is 16.7. The van der Waals surface area contributed by atoms with Crippen molar-refractivity contribution in [2.75, 3.05) is 0 Å². The Morgan fingerprint density at radius 2 is 1.50 bits per heavy atom. The van der Waals surface area contributed by atoms with E-state index in [-0.39, 0.29) is 5.76 Å². The van der Waals surface area contributed by atoms with Crippen LogP contribution in [0.5, 0.6) is 0 Å². The van der Waals surface area contributed by atoms with E-state index >= 15 is 0 Å². The third kappa shape index (κ3) is 2.08. The molecule has 1 saturated heterocycles. The lowest BCUT2D eigenvalue weighted by atomic mass is 9.77. The van der Waals surface area contributed by atoms with Crippen LogP contribution in [0.15, 0.2) is 36.5 Å². The highest BCUT2D eigenvalue weighted by Gasteiger charge is 2.52. The Kier molecular flexibility index (Phi) is 3.36. The van der Waals surface area contributed by atoms with E-state index in [0.29, 0.717) is 5.47 Å². The molecule has 0 aromatic rings. The van der Waals surface area contributed by atoms with Gasteiger partial charge in [-0.15, -0.1) is 0 Å². The average Bonchev–Trinajstić information content (AvgIpc) is 2.36. The molecule has 0 aliphatic carbocycles. The smallest absolute Gasteiger partial charge is 0.498 e. The summed E-state index contributed by atoms with van der Waals surface area (Å²) in [4.78, 5) is 0. The van der Waals surface area contributed by atoms with Gasteiger partial charge in [0.15, 0.2) is 0 Å². The molecule has 1 aliphatic rings. The first kappa shape index (κ1) is 13.1. The third-order valence-corrected chi connectivity index (χ3v) is 3.22. The topological polar surface area (TPSA) is 38.7 Å². The van der Waals surface area contributed by atoms with Gasteiger partial charge in [0.25, 0.3) is 0 Å². The SMILES string of the molecule is C=C/C(O)=C(\C=C)B1OC(C)(C)C(C)(C)O1. The first-order valence-electron chi connectivity index (χ1n) is 5.29. The van der Waals surface area contributed by atoms with E-state index in [2.05, 4.69) is 13.2 Å². The maximum Gasteiger partial charge on any atom is 0.498 e. The number of hydrogen-bond donors (Lipinski definition) is 1. The molecule has 16 heavy (non-hydrogen) atoms. The van der Waals surface area contributed by atoms with Crippen LogP contribution in [0.25, 0.3) is 0 Å². The summed E-state index contributed by atoms with van der Waals surface area (Å²) in [5, 5.41) is 9.65. The van der Waals surface area contributed by atoms with Crippen molar-refractivity contribution in [3.8, 4) is 0 Å². The standard InChI is InChI=1S/C12H19BO3/c1-7-9(10(14)8-2)13-15-11(3,4)12(5,6)16-13/h7-8,14H,1-2H2,3-6H3/b10-9-. The van der Waals surface area contributed by atoms with Crippen LogP contribution in [-0.4, -0.2) is 23.4 Å². The number of rotatable bonds is 3. The lowest BCUT2D eigenvalue weighted by Gasteiger charge is -2.32. The summed E-state index contributed by atoms with van der Waals surface area (Å²) >= 11 is 0. The molecule has 0 atom stereocenters. The van der Waals surface area contributed by atoms with Gasteiger partial charge in [0, 0.05) is 5.47 Å². The van der Waals surface area contributed by atoms with Gasteiger partial charge < -0.3 is 14.4 Å². The molecule has 0 amide bonds. The van der Waals surface area contributed by atoms with Crippen LogP contribution in [0.3, 0.4) is 0 Å². The van der Waals surface area contributed by atoms with Crippen LogP contribution in [0.4, 0.5) is 0 Å². The Labute approximate surface area is 97.6 Å². The van der Waals surface area contributed by atoms with Crippen molar-refractivity contribution in [2.45, 2.75) is 38.9 Å². The molecule has 1 aliphatic heterocycles. The van der Waals surface area contributed by atoms with Crippen LogP contribution < -0.4 is 0 Å². The van der Waals surface area contributed by atoms with Crippen molar-refractivity contribution in [1.82, 2.24) is 0 Å². The van der Waals surface area contributed by atoms with E-state index in [1.54, 1.807) is 0 Å². The average molecular weight is 222 g/mol. The number of allylic oxidation sites excluding steroid dienone is 3. The number of aliphatic hydroxyl groups excluding tert-OH is 1. The Balaban J connectivity index is 3.04. The van der Waals surface area contributed by atoms with Crippen LogP contribution in [-0.2, 0) is 9.31 Å². The fourth-order valence-electron chi connectivity index (χ4n) is 1.41. The molecule has 0 unspecified atom stereocenters. The summed E-state index contributed by atoms with van der Waals surface area (Å²) in [6.07, 6.45) is 2.88. The molecule has 1 rings (SSSR count). The molecule has 3 nitrogen and oxygen atoms in total. The molecule has 1 heterocycles. The Hall–Kier alpha value is -0.995. The van der Waals surface area contributed by atoms with Gasteiger partial charge >= 0.3 is 7.12 Å². The second-order valence-corrected chi connectivity index (χ2v) is 4.84. The highest BCUT2D eigenvalue weighted by Crippen LogP contribution is 2.39. The zero-order valence-electron chi connectivity index (χ0n) is 10.4. The van der Waals surface area contributed by atoms with E-state index < -0.39 is 18.3 Å². The largest absolute Gasteiger partial charge is 0.508 e. The second-order valence-electron chi connectivity index (χ2n) is 4.84. The van der Waals surface area contributed by atoms with Crippen molar-refractivity contribution in [3.63, 3.8) is 0 Å². The van der Waals surface area contributed by atoms with Gasteiger partial charge in [-0.1, -0.05) is 19.2 Å². The van der Waals surface area contributed by atoms with Crippen molar-refractivity contribution in [2.24, 2.45) is 0 Å². The molecule has 0 radical (unpaired) electrons. The highest BCUT2D eigenvalue weighted by molar-refractivity contribution is 6.55. The predicted octanol–water partition coefficient (Wildman–Crippen LogP) is 2.80. The predicted molar refractivity (Wildman–Crippen MR) is 66.1 cm³/mol. The van der Waals surface area contributed by atoms with Crippen LogP contribution in [0.2, 0.25) is 0 Å². The van der Waals surface area contributed by atoms with Crippen LogP contribution in [0, 0.1) is 0 Å². The Morgan fingerprint density at radius 3 is 1.81 bits per heavy atom.